The van der Waals surface area contributed by atoms with E-state index in [1.54, 1.807) is 12.1 Å². The molecule has 1 aromatic heterocycles. The van der Waals surface area contributed by atoms with Crippen molar-refractivity contribution in [3.63, 3.8) is 0 Å². The van der Waals surface area contributed by atoms with E-state index in [2.05, 4.69) is 25.9 Å². The topological polar surface area (TPSA) is 75.2 Å². The maximum atomic E-state index is 11.9. The third-order valence-corrected chi connectivity index (χ3v) is 4.07. The number of methoxy groups -OCH3 is 1. The van der Waals surface area contributed by atoms with E-state index in [1.807, 2.05) is 0 Å². The number of benzene rings is 1. The largest absolute Gasteiger partial charge is 0.504 e. The fraction of sp³-hybridized carbons (Fsp3) is 0.286. The maximum Gasteiger partial charge on any atom is 0.265 e. The molecule has 1 fully saturated rings. The summed E-state index contributed by atoms with van der Waals surface area (Å²) in [6.45, 7) is 0. The van der Waals surface area contributed by atoms with Crippen LogP contribution in [-0.4, -0.2) is 22.2 Å². The first-order valence-corrected chi connectivity index (χ1v) is 7.06. The fourth-order valence-corrected chi connectivity index (χ4v) is 2.59. The second kappa shape index (κ2) is 4.94. The van der Waals surface area contributed by atoms with Crippen molar-refractivity contribution in [3.8, 4) is 22.9 Å². The number of nitrogens with zero attached hydrogens (tertiary/aromatic N) is 1. The number of hydrogen-bond acceptors (Lipinski definition) is 4. The average Bonchev–Trinajstić information content (AvgIpc) is 3.26. The molecular formula is C14H13BrN2O3. The molecule has 104 valence electrons. The first kappa shape index (κ1) is 13.2. The number of nitrogens with one attached hydrogen (secondary N) is 1. The predicted octanol–water partition coefficient (Wildman–Crippen LogP) is 2.79. The molecule has 2 aromatic rings. The lowest BCUT2D eigenvalue weighted by atomic mass is 10.1. The Kier molecular flexibility index (Phi) is 3.25. The third kappa shape index (κ3) is 2.31. The van der Waals surface area contributed by atoms with Crippen LogP contribution in [0, 0.1) is 0 Å². The number of phenolic OH excluding ortho intramolecular Hbond substituents is 1. The molecule has 0 aliphatic heterocycles. The molecule has 1 saturated carbocycles. The van der Waals surface area contributed by atoms with Gasteiger partial charge in [0.15, 0.2) is 11.5 Å². The van der Waals surface area contributed by atoms with E-state index < -0.39 is 0 Å². The Morgan fingerprint density at radius 3 is 2.80 bits per heavy atom. The molecule has 0 atom stereocenters. The molecule has 1 aliphatic carbocycles. The van der Waals surface area contributed by atoms with Crippen LogP contribution in [0.5, 0.6) is 11.5 Å². The molecule has 0 spiro atoms. The lowest BCUT2D eigenvalue weighted by molar-refractivity contribution is 0.373. The van der Waals surface area contributed by atoms with Gasteiger partial charge < -0.3 is 14.8 Å². The van der Waals surface area contributed by atoms with E-state index in [4.69, 9.17) is 4.74 Å². The molecule has 0 radical (unpaired) electrons. The minimum Gasteiger partial charge on any atom is -0.504 e. The molecule has 0 bridgehead atoms. The van der Waals surface area contributed by atoms with Gasteiger partial charge >= 0.3 is 0 Å². The lowest BCUT2D eigenvalue weighted by Crippen LogP contribution is -2.13. The van der Waals surface area contributed by atoms with Crippen LogP contribution in [0.1, 0.15) is 24.5 Å². The van der Waals surface area contributed by atoms with Gasteiger partial charge in [-0.05, 0) is 47.0 Å². The normalized spacial score (nSPS) is 14.3. The van der Waals surface area contributed by atoms with Crippen molar-refractivity contribution in [2.24, 2.45) is 0 Å². The van der Waals surface area contributed by atoms with Crippen LogP contribution in [0.2, 0.25) is 0 Å². The smallest absolute Gasteiger partial charge is 0.265 e. The molecule has 0 saturated heterocycles. The van der Waals surface area contributed by atoms with Crippen LogP contribution in [0.4, 0.5) is 0 Å². The predicted molar refractivity (Wildman–Crippen MR) is 78.2 cm³/mol. The van der Waals surface area contributed by atoms with Gasteiger partial charge in [0.05, 0.1) is 12.8 Å². The lowest BCUT2D eigenvalue weighted by Gasteiger charge is -2.08. The highest BCUT2D eigenvalue weighted by Gasteiger charge is 2.29. The summed E-state index contributed by atoms with van der Waals surface area (Å²) in [4.78, 5) is 19.2. The standard InChI is InChI=1S/C14H13BrN2O3/c1-20-10-5-4-8(6-9(10)18)13-16-12(7-2-3-7)11(15)14(19)17-13/h4-7,18H,2-3H2,1H3,(H,16,17,19). The van der Waals surface area contributed by atoms with E-state index in [1.165, 1.54) is 13.2 Å². The Hall–Kier alpha value is -1.82. The van der Waals surface area contributed by atoms with Crippen LogP contribution in [0.15, 0.2) is 27.5 Å². The number of hydrogen-bond donors (Lipinski definition) is 2. The zero-order valence-corrected chi connectivity index (χ0v) is 12.4. The van der Waals surface area contributed by atoms with Crippen molar-refractivity contribution in [3.05, 3.63) is 38.7 Å². The Morgan fingerprint density at radius 1 is 1.45 bits per heavy atom. The number of aromatic nitrogens is 2. The van der Waals surface area contributed by atoms with E-state index in [0.29, 0.717) is 27.5 Å². The number of H-pyrrole nitrogens is 1. The Labute approximate surface area is 123 Å². The summed E-state index contributed by atoms with van der Waals surface area (Å²) in [6, 6.07) is 4.92. The van der Waals surface area contributed by atoms with Gasteiger partial charge in [-0.1, -0.05) is 0 Å². The highest BCUT2D eigenvalue weighted by molar-refractivity contribution is 9.10. The first-order valence-electron chi connectivity index (χ1n) is 6.27. The van der Waals surface area contributed by atoms with E-state index in [0.717, 1.165) is 18.5 Å². The van der Waals surface area contributed by atoms with Gasteiger partial charge in [0, 0.05) is 11.5 Å². The van der Waals surface area contributed by atoms with Crippen molar-refractivity contribution in [2.45, 2.75) is 18.8 Å². The molecule has 2 N–H and O–H groups in total. The maximum absolute atomic E-state index is 11.9. The fourth-order valence-electron chi connectivity index (χ4n) is 2.08. The Bertz CT molecular complexity index is 723. The van der Waals surface area contributed by atoms with Crippen LogP contribution in [0.3, 0.4) is 0 Å². The summed E-state index contributed by atoms with van der Waals surface area (Å²) in [6.07, 6.45) is 2.12. The number of aromatic amines is 1. The zero-order chi connectivity index (χ0) is 14.3. The summed E-state index contributed by atoms with van der Waals surface area (Å²) in [7, 11) is 1.49. The quantitative estimate of drug-likeness (QED) is 0.903. The monoisotopic (exact) mass is 336 g/mol. The van der Waals surface area contributed by atoms with Crippen LogP contribution in [0.25, 0.3) is 11.4 Å². The molecule has 20 heavy (non-hydrogen) atoms. The van der Waals surface area contributed by atoms with Gasteiger partial charge in [0.1, 0.15) is 10.3 Å². The first-order chi connectivity index (χ1) is 9.60. The zero-order valence-electron chi connectivity index (χ0n) is 10.8. The molecule has 0 amide bonds. The Balaban J connectivity index is 2.10. The average molecular weight is 337 g/mol. The molecule has 3 rings (SSSR count). The van der Waals surface area contributed by atoms with Crippen molar-refractivity contribution in [1.29, 1.82) is 0 Å². The molecule has 1 aliphatic rings. The molecule has 5 nitrogen and oxygen atoms in total. The highest BCUT2D eigenvalue weighted by Crippen LogP contribution is 2.41. The van der Waals surface area contributed by atoms with Gasteiger partial charge in [-0.2, -0.15) is 0 Å². The second-order valence-corrected chi connectivity index (χ2v) is 5.57. The number of halogens is 1. The van der Waals surface area contributed by atoms with Crippen LogP contribution >= 0.6 is 15.9 Å². The number of rotatable bonds is 3. The minimum absolute atomic E-state index is 0.0172. The second-order valence-electron chi connectivity index (χ2n) is 4.77. The van der Waals surface area contributed by atoms with Crippen molar-refractivity contribution in [1.82, 2.24) is 9.97 Å². The molecular weight excluding hydrogens is 324 g/mol. The molecule has 1 aromatic carbocycles. The van der Waals surface area contributed by atoms with Crippen molar-refractivity contribution in [2.75, 3.05) is 7.11 Å². The number of phenols is 1. The van der Waals surface area contributed by atoms with Gasteiger partial charge in [-0.15, -0.1) is 0 Å². The van der Waals surface area contributed by atoms with Crippen molar-refractivity contribution >= 4 is 15.9 Å². The summed E-state index contributed by atoms with van der Waals surface area (Å²) in [5.74, 6) is 1.22. The highest BCUT2D eigenvalue weighted by atomic mass is 79.9. The summed E-state index contributed by atoms with van der Waals surface area (Å²) >= 11 is 3.29. The molecule has 6 heteroatoms. The van der Waals surface area contributed by atoms with Gasteiger partial charge in [-0.25, -0.2) is 4.98 Å². The minimum atomic E-state index is -0.202. The molecule has 1 heterocycles. The summed E-state index contributed by atoms with van der Waals surface area (Å²) < 4.78 is 5.50. The van der Waals surface area contributed by atoms with E-state index >= 15 is 0 Å². The van der Waals surface area contributed by atoms with Gasteiger partial charge in [0.25, 0.3) is 5.56 Å². The molecule has 0 unspecified atom stereocenters. The van der Waals surface area contributed by atoms with Crippen LogP contribution < -0.4 is 10.3 Å². The van der Waals surface area contributed by atoms with E-state index in [9.17, 15) is 9.90 Å². The Morgan fingerprint density at radius 2 is 2.20 bits per heavy atom. The number of aromatic hydroxyl groups is 1. The van der Waals surface area contributed by atoms with E-state index in [-0.39, 0.29) is 11.3 Å². The van der Waals surface area contributed by atoms with Gasteiger partial charge in [-0.3, -0.25) is 4.79 Å². The third-order valence-electron chi connectivity index (χ3n) is 3.30. The van der Waals surface area contributed by atoms with Crippen molar-refractivity contribution < 1.29 is 9.84 Å². The van der Waals surface area contributed by atoms with Crippen LogP contribution in [-0.2, 0) is 0 Å². The summed E-state index contributed by atoms with van der Waals surface area (Å²) in [5.41, 5.74) is 1.24. The van der Waals surface area contributed by atoms with Gasteiger partial charge in [0.2, 0.25) is 0 Å². The summed E-state index contributed by atoms with van der Waals surface area (Å²) in [5, 5.41) is 9.81. The SMILES string of the molecule is COc1ccc(-c2nc(C3CC3)c(Br)c(=O)[nH]2)cc1O. The number of ether oxygens (including phenoxy) is 1.